The van der Waals surface area contributed by atoms with E-state index in [0.29, 0.717) is 13.2 Å². The number of hydrogen-bond donors (Lipinski definition) is 1. The van der Waals surface area contributed by atoms with E-state index >= 15 is 0 Å². The topological polar surface area (TPSA) is 71.0 Å². The first-order chi connectivity index (χ1) is 11.9. The SMILES string of the molecule is CN=C(NCc1ccc(CS(C)(=O)=O)cc1)N(C)CCOCC1CC1. The number of ether oxygens (including phenoxy) is 1. The summed E-state index contributed by atoms with van der Waals surface area (Å²) in [6, 6.07) is 7.60. The summed E-state index contributed by atoms with van der Waals surface area (Å²) in [6.45, 7) is 3.01. The number of rotatable bonds is 9. The van der Waals surface area contributed by atoms with Crippen molar-refractivity contribution in [3.63, 3.8) is 0 Å². The maximum Gasteiger partial charge on any atom is 0.193 e. The first-order valence-corrected chi connectivity index (χ1v) is 10.7. The van der Waals surface area contributed by atoms with E-state index in [1.54, 1.807) is 7.05 Å². The van der Waals surface area contributed by atoms with Crippen molar-refractivity contribution in [3.8, 4) is 0 Å². The molecule has 0 atom stereocenters. The van der Waals surface area contributed by atoms with Gasteiger partial charge < -0.3 is 15.0 Å². The lowest BCUT2D eigenvalue weighted by molar-refractivity contribution is 0.115. The molecule has 0 amide bonds. The molecule has 1 N–H and O–H groups in total. The van der Waals surface area contributed by atoms with Crippen LogP contribution < -0.4 is 5.32 Å². The lowest BCUT2D eigenvalue weighted by Crippen LogP contribution is -2.40. The summed E-state index contributed by atoms with van der Waals surface area (Å²) in [6.07, 6.45) is 3.86. The fourth-order valence-electron chi connectivity index (χ4n) is 2.46. The molecule has 0 saturated heterocycles. The highest BCUT2D eigenvalue weighted by Crippen LogP contribution is 2.28. The van der Waals surface area contributed by atoms with Crippen LogP contribution in [0.5, 0.6) is 0 Å². The van der Waals surface area contributed by atoms with Gasteiger partial charge in [-0.15, -0.1) is 0 Å². The Morgan fingerprint density at radius 1 is 1.28 bits per heavy atom. The van der Waals surface area contributed by atoms with Crippen LogP contribution in [-0.2, 0) is 26.9 Å². The standard InChI is InChI=1S/C18H29N3O3S/c1-19-18(21(2)10-11-24-13-16-6-7-16)20-12-15-4-8-17(9-5-15)14-25(3,22)23/h4-5,8-9,16H,6-7,10-14H2,1-3H3,(H,19,20). The Hall–Kier alpha value is -1.60. The van der Waals surface area contributed by atoms with Crippen molar-refractivity contribution in [2.45, 2.75) is 25.1 Å². The van der Waals surface area contributed by atoms with Crippen LogP contribution in [0.1, 0.15) is 24.0 Å². The summed E-state index contributed by atoms with van der Waals surface area (Å²) in [5.74, 6) is 1.68. The highest BCUT2D eigenvalue weighted by molar-refractivity contribution is 7.89. The Labute approximate surface area is 151 Å². The number of nitrogens with one attached hydrogen (secondary N) is 1. The predicted molar refractivity (Wildman–Crippen MR) is 101 cm³/mol. The average Bonchev–Trinajstić information content (AvgIpc) is 3.36. The molecule has 6 nitrogen and oxygen atoms in total. The van der Waals surface area contributed by atoms with Crippen molar-refractivity contribution < 1.29 is 13.2 Å². The fraction of sp³-hybridized carbons (Fsp3) is 0.611. The molecule has 140 valence electrons. The number of hydrogen-bond acceptors (Lipinski definition) is 4. The molecule has 1 aromatic rings. The second-order valence-electron chi connectivity index (χ2n) is 6.73. The molecular formula is C18H29N3O3S. The van der Waals surface area contributed by atoms with E-state index in [1.165, 1.54) is 19.1 Å². The number of guanidine groups is 1. The molecule has 7 heteroatoms. The molecule has 0 unspecified atom stereocenters. The van der Waals surface area contributed by atoms with E-state index in [4.69, 9.17) is 4.74 Å². The van der Waals surface area contributed by atoms with Gasteiger partial charge in [-0.05, 0) is 29.9 Å². The molecule has 1 fully saturated rings. The molecular weight excluding hydrogens is 338 g/mol. The minimum absolute atomic E-state index is 0.0754. The minimum Gasteiger partial charge on any atom is -0.379 e. The van der Waals surface area contributed by atoms with Gasteiger partial charge in [-0.3, -0.25) is 4.99 Å². The first kappa shape index (κ1) is 19.7. The molecule has 25 heavy (non-hydrogen) atoms. The Kier molecular flexibility index (Phi) is 7.25. The molecule has 0 heterocycles. The van der Waals surface area contributed by atoms with Gasteiger partial charge in [0.1, 0.15) is 0 Å². The van der Waals surface area contributed by atoms with Crippen molar-refractivity contribution in [2.24, 2.45) is 10.9 Å². The van der Waals surface area contributed by atoms with E-state index in [1.807, 2.05) is 36.2 Å². The van der Waals surface area contributed by atoms with E-state index in [-0.39, 0.29) is 5.75 Å². The summed E-state index contributed by atoms with van der Waals surface area (Å²) >= 11 is 0. The van der Waals surface area contributed by atoms with Crippen molar-refractivity contribution in [3.05, 3.63) is 35.4 Å². The average molecular weight is 368 g/mol. The summed E-state index contributed by atoms with van der Waals surface area (Å²) in [5, 5.41) is 3.32. The largest absolute Gasteiger partial charge is 0.379 e. The van der Waals surface area contributed by atoms with Crippen molar-refractivity contribution in [1.82, 2.24) is 10.2 Å². The lowest BCUT2D eigenvalue weighted by Gasteiger charge is -2.22. The lowest BCUT2D eigenvalue weighted by atomic mass is 10.1. The minimum atomic E-state index is -3.00. The molecule has 1 aliphatic carbocycles. The molecule has 0 spiro atoms. The Morgan fingerprint density at radius 3 is 2.48 bits per heavy atom. The molecule has 1 saturated carbocycles. The first-order valence-electron chi connectivity index (χ1n) is 8.62. The fourth-order valence-corrected chi connectivity index (χ4v) is 3.26. The van der Waals surface area contributed by atoms with Crippen LogP contribution in [0.4, 0.5) is 0 Å². The zero-order valence-electron chi connectivity index (χ0n) is 15.4. The molecule has 0 aromatic heterocycles. The Balaban J connectivity index is 1.75. The van der Waals surface area contributed by atoms with E-state index < -0.39 is 9.84 Å². The second-order valence-corrected chi connectivity index (χ2v) is 8.87. The van der Waals surface area contributed by atoms with Crippen LogP contribution >= 0.6 is 0 Å². The zero-order chi connectivity index (χ0) is 18.3. The van der Waals surface area contributed by atoms with Gasteiger partial charge in [0.2, 0.25) is 0 Å². The van der Waals surface area contributed by atoms with Crippen LogP contribution in [0.3, 0.4) is 0 Å². The third-order valence-electron chi connectivity index (χ3n) is 4.10. The maximum absolute atomic E-state index is 11.3. The van der Waals surface area contributed by atoms with Gasteiger partial charge in [0.05, 0.1) is 12.4 Å². The van der Waals surface area contributed by atoms with Crippen LogP contribution in [-0.4, -0.2) is 59.4 Å². The normalized spacial score (nSPS) is 15.2. The molecule has 0 bridgehead atoms. The summed E-state index contributed by atoms with van der Waals surface area (Å²) < 4.78 is 28.3. The number of aliphatic imine (C=N–C) groups is 1. The van der Waals surface area contributed by atoms with Crippen molar-refractivity contribution in [1.29, 1.82) is 0 Å². The van der Waals surface area contributed by atoms with E-state index in [9.17, 15) is 8.42 Å². The number of likely N-dealkylation sites (N-methyl/N-ethyl adjacent to an activating group) is 1. The Morgan fingerprint density at radius 2 is 1.92 bits per heavy atom. The number of sulfone groups is 1. The van der Waals surface area contributed by atoms with Gasteiger partial charge in [-0.1, -0.05) is 24.3 Å². The van der Waals surface area contributed by atoms with Crippen LogP contribution in [0.25, 0.3) is 0 Å². The zero-order valence-corrected chi connectivity index (χ0v) is 16.2. The van der Waals surface area contributed by atoms with Gasteiger partial charge in [-0.25, -0.2) is 8.42 Å². The van der Waals surface area contributed by atoms with Gasteiger partial charge in [0, 0.05) is 40.0 Å². The van der Waals surface area contributed by atoms with Gasteiger partial charge in [0.25, 0.3) is 0 Å². The highest BCUT2D eigenvalue weighted by Gasteiger charge is 2.21. The van der Waals surface area contributed by atoms with Crippen molar-refractivity contribution in [2.75, 3.05) is 40.1 Å². The maximum atomic E-state index is 11.3. The van der Waals surface area contributed by atoms with Crippen molar-refractivity contribution >= 4 is 15.8 Å². The predicted octanol–water partition coefficient (Wildman–Crippen LogP) is 1.66. The third-order valence-corrected chi connectivity index (χ3v) is 4.96. The summed E-state index contributed by atoms with van der Waals surface area (Å²) in [4.78, 5) is 6.34. The van der Waals surface area contributed by atoms with Crippen LogP contribution in [0, 0.1) is 5.92 Å². The second kappa shape index (κ2) is 9.20. The van der Waals surface area contributed by atoms with E-state index in [0.717, 1.165) is 36.2 Å². The third kappa shape index (κ3) is 7.88. The quantitative estimate of drug-likeness (QED) is 0.408. The summed E-state index contributed by atoms with van der Waals surface area (Å²) in [5.41, 5.74) is 1.89. The molecule has 0 aliphatic heterocycles. The van der Waals surface area contributed by atoms with E-state index in [2.05, 4.69) is 10.3 Å². The Bertz CT molecular complexity index is 667. The number of nitrogens with zero attached hydrogens (tertiary/aromatic N) is 2. The van der Waals surface area contributed by atoms with Gasteiger partial charge in [-0.2, -0.15) is 0 Å². The highest BCUT2D eigenvalue weighted by atomic mass is 32.2. The molecule has 0 radical (unpaired) electrons. The number of benzene rings is 1. The summed E-state index contributed by atoms with van der Waals surface area (Å²) in [7, 11) is 0.757. The monoisotopic (exact) mass is 367 g/mol. The van der Waals surface area contributed by atoms with Gasteiger partial charge >= 0.3 is 0 Å². The molecule has 2 rings (SSSR count). The van der Waals surface area contributed by atoms with Crippen LogP contribution in [0.2, 0.25) is 0 Å². The van der Waals surface area contributed by atoms with Crippen LogP contribution in [0.15, 0.2) is 29.3 Å². The smallest absolute Gasteiger partial charge is 0.193 e. The molecule has 1 aliphatic rings. The van der Waals surface area contributed by atoms with Gasteiger partial charge in [0.15, 0.2) is 15.8 Å². The molecule has 1 aromatic carbocycles.